The number of rotatable bonds is 5. The third-order valence-corrected chi connectivity index (χ3v) is 3.85. The quantitative estimate of drug-likeness (QED) is 0.886. The van der Waals surface area contributed by atoms with Crippen molar-refractivity contribution in [3.05, 3.63) is 23.3 Å². The number of benzene rings is 1. The number of hydrogen-bond donors (Lipinski definition) is 1. The second-order valence-electron chi connectivity index (χ2n) is 5.26. The van der Waals surface area contributed by atoms with Crippen molar-refractivity contribution < 1.29 is 9.47 Å². The molecule has 0 aliphatic carbocycles. The Morgan fingerprint density at radius 1 is 1.21 bits per heavy atom. The number of piperidine rings is 1. The largest absolute Gasteiger partial charge is 0.496 e. The first kappa shape index (κ1) is 14.2. The maximum Gasteiger partial charge on any atom is 0.122 e. The molecule has 2 rings (SSSR count). The number of hydrogen-bond acceptors (Lipinski definition) is 3. The fourth-order valence-electron chi connectivity index (χ4n) is 2.76. The van der Waals surface area contributed by atoms with Crippen molar-refractivity contribution in [2.75, 3.05) is 26.8 Å². The Labute approximate surface area is 116 Å². The van der Waals surface area contributed by atoms with Crippen LogP contribution in [0.1, 0.15) is 30.9 Å². The molecule has 19 heavy (non-hydrogen) atoms. The maximum atomic E-state index is 5.70. The molecule has 1 saturated heterocycles. The molecule has 1 N–H and O–H groups in total. The lowest BCUT2D eigenvalue weighted by atomic mass is 9.90. The van der Waals surface area contributed by atoms with E-state index in [0.717, 1.165) is 42.5 Å². The molecule has 0 aromatic heterocycles. The van der Waals surface area contributed by atoms with Crippen molar-refractivity contribution in [3.8, 4) is 11.5 Å². The van der Waals surface area contributed by atoms with E-state index in [1.807, 2.05) is 6.92 Å². The number of methoxy groups -OCH3 is 1. The third-order valence-electron chi connectivity index (χ3n) is 3.85. The van der Waals surface area contributed by atoms with Crippen molar-refractivity contribution in [1.82, 2.24) is 5.32 Å². The van der Waals surface area contributed by atoms with Crippen molar-refractivity contribution in [1.29, 1.82) is 0 Å². The van der Waals surface area contributed by atoms with Gasteiger partial charge >= 0.3 is 0 Å². The van der Waals surface area contributed by atoms with Gasteiger partial charge < -0.3 is 14.8 Å². The summed E-state index contributed by atoms with van der Waals surface area (Å²) in [6, 6.07) is 4.26. The van der Waals surface area contributed by atoms with Crippen LogP contribution >= 0.6 is 0 Å². The zero-order valence-electron chi connectivity index (χ0n) is 12.3. The molecule has 106 valence electrons. The summed E-state index contributed by atoms with van der Waals surface area (Å²) in [4.78, 5) is 0. The lowest BCUT2D eigenvalue weighted by Gasteiger charge is -2.24. The molecule has 0 radical (unpaired) electrons. The van der Waals surface area contributed by atoms with Gasteiger partial charge in [-0.25, -0.2) is 0 Å². The van der Waals surface area contributed by atoms with Gasteiger partial charge in [0.25, 0.3) is 0 Å². The highest BCUT2D eigenvalue weighted by Gasteiger charge is 2.17. The smallest absolute Gasteiger partial charge is 0.122 e. The standard InChI is InChI=1S/C16H25NO2/c1-4-19-15-11-14(16(18-3)9-12(15)2)10-13-5-7-17-8-6-13/h9,11,13,17H,4-8,10H2,1-3H3. The zero-order valence-corrected chi connectivity index (χ0v) is 12.3. The average Bonchev–Trinajstić information content (AvgIpc) is 2.43. The van der Waals surface area contributed by atoms with Gasteiger partial charge in [-0.05, 0) is 75.4 Å². The first-order valence-corrected chi connectivity index (χ1v) is 7.25. The highest BCUT2D eigenvalue weighted by Crippen LogP contribution is 2.31. The molecule has 3 nitrogen and oxygen atoms in total. The monoisotopic (exact) mass is 263 g/mol. The van der Waals surface area contributed by atoms with Crippen molar-refractivity contribution in [2.24, 2.45) is 5.92 Å². The Hall–Kier alpha value is -1.22. The molecule has 3 heteroatoms. The van der Waals surface area contributed by atoms with Gasteiger partial charge in [-0.3, -0.25) is 0 Å². The molecule has 0 unspecified atom stereocenters. The molecule has 0 spiro atoms. The van der Waals surface area contributed by atoms with Crippen LogP contribution in [0.15, 0.2) is 12.1 Å². The third kappa shape index (κ3) is 3.63. The number of aryl methyl sites for hydroxylation is 1. The lowest BCUT2D eigenvalue weighted by Crippen LogP contribution is -2.28. The first-order chi connectivity index (χ1) is 9.24. The molecule has 0 atom stereocenters. The minimum Gasteiger partial charge on any atom is -0.496 e. The van der Waals surface area contributed by atoms with E-state index in [4.69, 9.17) is 9.47 Å². The van der Waals surface area contributed by atoms with Crippen LogP contribution in [-0.4, -0.2) is 26.8 Å². The van der Waals surface area contributed by atoms with Crippen LogP contribution in [0.3, 0.4) is 0 Å². The predicted octanol–water partition coefficient (Wildman–Crippen LogP) is 2.94. The van der Waals surface area contributed by atoms with E-state index < -0.39 is 0 Å². The van der Waals surface area contributed by atoms with E-state index in [2.05, 4.69) is 24.4 Å². The molecular formula is C16H25NO2. The summed E-state index contributed by atoms with van der Waals surface area (Å²) in [6.45, 7) is 7.08. The second kappa shape index (κ2) is 6.80. The Bertz CT molecular complexity index is 411. The van der Waals surface area contributed by atoms with E-state index >= 15 is 0 Å². The summed E-state index contributed by atoms with van der Waals surface area (Å²) in [5.74, 6) is 2.75. The van der Waals surface area contributed by atoms with Gasteiger partial charge in [0.05, 0.1) is 13.7 Å². The Balaban J connectivity index is 2.18. The molecule has 1 aliphatic rings. The highest BCUT2D eigenvalue weighted by atomic mass is 16.5. The summed E-state index contributed by atoms with van der Waals surface area (Å²) < 4.78 is 11.2. The van der Waals surface area contributed by atoms with E-state index in [-0.39, 0.29) is 0 Å². The van der Waals surface area contributed by atoms with Crippen molar-refractivity contribution in [2.45, 2.75) is 33.1 Å². The fraction of sp³-hybridized carbons (Fsp3) is 0.625. The highest BCUT2D eigenvalue weighted by molar-refractivity contribution is 5.46. The van der Waals surface area contributed by atoms with Crippen molar-refractivity contribution in [3.63, 3.8) is 0 Å². The minimum atomic E-state index is 0.708. The van der Waals surface area contributed by atoms with Crippen molar-refractivity contribution >= 4 is 0 Å². The number of nitrogens with one attached hydrogen (secondary N) is 1. The van der Waals surface area contributed by atoms with Crippen LogP contribution in [0, 0.1) is 12.8 Å². The topological polar surface area (TPSA) is 30.5 Å². The van der Waals surface area contributed by atoms with Gasteiger partial charge in [-0.2, -0.15) is 0 Å². The normalized spacial score (nSPS) is 16.4. The lowest BCUT2D eigenvalue weighted by molar-refractivity contribution is 0.332. The predicted molar refractivity (Wildman–Crippen MR) is 78.2 cm³/mol. The van der Waals surface area contributed by atoms with Crippen LogP contribution in [0.2, 0.25) is 0 Å². The van der Waals surface area contributed by atoms with Gasteiger partial charge in [0.2, 0.25) is 0 Å². The molecule has 0 amide bonds. The Morgan fingerprint density at radius 3 is 2.58 bits per heavy atom. The maximum absolute atomic E-state index is 5.70. The molecule has 0 saturated carbocycles. The fourth-order valence-corrected chi connectivity index (χ4v) is 2.76. The summed E-state index contributed by atoms with van der Waals surface area (Å²) in [5, 5.41) is 3.41. The summed E-state index contributed by atoms with van der Waals surface area (Å²) >= 11 is 0. The second-order valence-corrected chi connectivity index (χ2v) is 5.26. The molecular weight excluding hydrogens is 238 g/mol. The van der Waals surface area contributed by atoms with Crippen LogP contribution in [0.4, 0.5) is 0 Å². The molecule has 1 aromatic carbocycles. The van der Waals surface area contributed by atoms with Crippen LogP contribution < -0.4 is 14.8 Å². The van der Waals surface area contributed by atoms with Crippen LogP contribution in [0.25, 0.3) is 0 Å². The molecule has 0 bridgehead atoms. The summed E-state index contributed by atoms with van der Waals surface area (Å²) in [6.07, 6.45) is 3.59. The SMILES string of the molecule is CCOc1cc(CC2CCNCC2)c(OC)cc1C. The molecule has 1 fully saturated rings. The minimum absolute atomic E-state index is 0.708. The van der Waals surface area contributed by atoms with Gasteiger partial charge in [-0.1, -0.05) is 0 Å². The molecule has 1 aromatic rings. The molecule has 1 aliphatic heterocycles. The summed E-state index contributed by atoms with van der Waals surface area (Å²) in [5.41, 5.74) is 2.43. The molecule has 1 heterocycles. The summed E-state index contributed by atoms with van der Waals surface area (Å²) in [7, 11) is 1.75. The number of ether oxygens (including phenoxy) is 2. The first-order valence-electron chi connectivity index (χ1n) is 7.25. The van der Waals surface area contributed by atoms with Crippen LogP contribution in [0.5, 0.6) is 11.5 Å². The van der Waals surface area contributed by atoms with Gasteiger partial charge in [0.1, 0.15) is 11.5 Å². The van der Waals surface area contributed by atoms with Gasteiger partial charge in [0, 0.05) is 0 Å². The van der Waals surface area contributed by atoms with Gasteiger partial charge in [0.15, 0.2) is 0 Å². The Morgan fingerprint density at radius 2 is 1.95 bits per heavy atom. The Kier molecular flexibility index (Phi) is 5.08. The van der Waals surface area contributed by atoms with E-state index in [0.29, 0.717) is 6.61 Å². The van der Waals surface area contributed by atoms with Crippen LogP contribution in [-0.2, 0) is 6.42 Å². The average molecular weight is 263 g/mol. The van der Waals surface area contributed by atoms with E-state index in [9.17, 15) is 0 Å². The van der Waals surface area contributed by atoms with E-state index in [1.54, 1.807) is 7.11 Å². The van der Waals surface area contributed by atoms with E-state index in [1.165, 1.54) is 18.4 Å². The zero-order chi connectivity index (χ0) is 13.7. The van der Waals surface area contributed by atoms with Gasteiger partial charge in [-0.15, -0.1) is 0 Å².